The normalized spacial score (nSPS) is 14.4. The number of pyridine rings is 1. The summed E-state index contributed by atoms with van der Waals surface area (Å²) < 4.78 is 5.78. The number of hydrogen-bond acceptors (Lipinski definition) is 5. The fraction of sp³-hybridized carbons (Fsp3) is 0.259. The third-order valence-electron chi connectivity index (χ3n) is 5.72. The van der Waals surface area contributed by atoms with Crippen molar-refractivity contribution in [3.8, 4) is 5.75 Å². The average molecular weight is 443 g/mol. The van der Waals surface area contributed by atoms with Gasteiger partial charge in [-0.1, -0.05) is 36.4 Å². The molecule has 0 bridgehead atoms. The zero-order valence-electron chi connectivity index (χ0n) is 19.0. The maximum atomic E-state index is 12.4. The maximum absolute atomic E-state index is 12.4. The minimum Gasteiger partial charge on any atom is -0.489 e. The van der Waals surface area contributed by atoms with Gasteiger partial charge in [-0.25, -0.2) is 0 Å². The third kappa shape index (κ3) is 6.67. The van der Waals surface area contributed by atoms with Crippen molar-refractivity contribution in [2.24, 2.45) is 0 Å². The predicted molar refractivity (Wildman–Crippen MR) is 132 cm³/mol. The fourth-order valence-corrected chi connectivity index (χ4v) is 3.75. The highest BCUT2D eigenvalue weighted by atomic mass is 16.5. The minimum atomic E-state index is -0.111. The van der Waals surface area contributed by atoms with E-state index in [9.17, 15) is 4.79 Å². The van der Waals surface area contributed by atoms with Crippen molar-refractivity contribution in [3.05, 3.63) is 95.8 Å². The number of rotatable bonds is 8. The first kappa shape index (κ1) is 22.6. The summed E-state index contributed by atoms with van der Waals surface area (Å²) in [5, 5.41) is 3.01. The third-order valence-corrected chi connectivity index (χ3v) is 5.72. The molecule has 0 atom stereocenters. The van der Waals surface area contributed by atoms with Gasteiger partial charge in [-0.05, 0) is 48.5 Å². The van der Waals surface area contributed by atoms with Crippen molar-refractivity contribution >= 4 is 17.7 Å². The molecule has 0 spiro atoms. The SMILES string of the molecule is CN1CCN(c2ccccc2CNC(=O)/C=C/c2ccc(OCc3cccnc3)cc2)CC1. The number of benzene rings is 2. The molecule has 1 saturated heterocycles. The van der Waals surface area contributed by atoms with Gasteiger partial charge in [0.1, 0.15) is 12.4 Å². The van der Waals surface area contributed by atoms with Crippen molar-refractivity contribution < 1.29 is 9.53 Å². The molecule has 0 unspecified atom stereocenters. The molecule has 3 aromatic rings. The summed E-state index contributed by atoms with van der Waals surface area (Å²) in [5.41, 5.74) is 4.31. The van der Waals surface area contributed by atoms with E-state index in [1.165, 1.54) is 5.69 Å². The number of ether oxygens (including phenoxy) is 1. The maximum Gasteiger partial charge on any atom is 0.244 e. The summed E-state index contributed by atoms with van der Waals surface area (Å²) in [5.74, 6) is 0.668. The molecule has 1 aliphatic rings. The standard InChI is InChI=1S/C27H30N4O2/c1-30-15-17-31(18-16-30)26-7-3-2-6-24(26)20-29-27(32)13-10-22-8-11-25(12-9-22)33-21-23-5-4-14-28-19-23/h2-14,19H,15-18,20-21H2,1H3,(H,29,32)/b13-10+. The lowest BCUT2D eigenvalue weighted by molar-refractivity contribution is -0.116. The van der Waals surface area contributed by atoms with E-state index < -0.39 is 0 Å². The average Bonchev–Trinajstić information content (AvgIpc) is 2.87. The van der Waals surface area contributed by atoms with Crippen LogP contribution in [-0.4, -0.2) is 49.0 Å². The van der Waals surface area contributed by atoms with Gasteiger partial charge in [0.2, 0.25) is 5.91 Å². The van der Waals surface area contributed by atoms with Gasteiger partial charge in [0.05, 0.1) is 0 Å². The zero-order valence-corrected chi connectivity index (χ0v) is 19.0. The molecule has 33 heavy (non-hydrogen) atoms. The molecule has 1 N–H and O–H groups in total. The first-order chi connectivity index (χ1) is 16.2. The number of nitrogens with one attached hydrogen (secondary N) is 1. The molecule has 170 valence electrons. The van der Waals surface area contributed by atoms with Crippen LogP contribution in [0.1, 0.15) is 16.7 Å². The summed E-state index contributed by atoms with van der Waals surface area (Å²) in [6, 6.07) is 19.9. The number of amides is 1. The van der Waals surface area contributed by atoms with Crippen LogP contribution < -0.4 is 15.0 Å². The second kappa shape index (κ2) is 11.3. The van der Waals surface area contributed by atoms with E-state index in [2.05, 4.69) is 45.3 Å². The van der Waals surface area contributed by atoms with Crippen LogP contribution in [0.4, 0.5) is 5.69 Å². The van der Waals surface area contributed by atoms with Crippen LogP contribution in [-0.2, 0) is 17.9 Å². The molecule has 6 nitrogen and oxygen atoms in total. The Morgan fingerprint density at radius 1 is 1.03 bits per heavy atom. The van der Waals surface area contributed by atoms with Crippen molar-refractivity contribution in [1.29, 1.82) is 0 Å². The topological polar surface area (TPSA) is 57.7 Å². The lowest BCUT2D eigenvalue weighted by Gasteiger charge is -2.35. The number of aromatic nitrogens is 1. The van der Waals surface area contributed by atoms with Crippen molar-refractivity contribution in [1.82, 2.24) is 15.2 Å². The minimum absolute atomic E-state index is 0.111. The van der Waals surface area contributed by atoms with E-state index in [0.29, 0.717) is 13.2 Å². The largest absolute Gasteiger partial charge is 0.489 e. The van der Waals surface area contributed by atoms with Crippen LogP contribution in [0.3, 0.4) is 0 Å². The molecular weight excluding hydrogens is 412 g/mol. The number of hydrogen-bond donors (Lipinski definition) is 1. The number of piperazine rings is 1. The Morgan fingerprint density at radius 2 is 1.82 bits per heavy atom. The Kier molecular flexibility index (Phi) is 7.72. The second-order valence-electron chi connectivity index (χ2n) is 8.19. The Hall–Kier alpha value is -3.64. The lowest BCUT2D eigenvalue weighted by atomic mass is 10.1. The van der Waals surface area contributed by atoms with Crippen LogP contribution in [0, 0.1) is 0 Å². The first-order valence-electron chi connectivity index (χ1n) is 11.3. The van der Waals surface area contributed by atoms with Gasteiger partial charge in [0.15, 0.2) is 0 Å². The molecular formula is C27H30N4O2. The molecule has 2 heterocycles. The Morgan fingerprint density at radius 3 is 2.58 bits per heavy atom. The first-order valence-corrected chi connectivity index (χ1v) is 11.3. The smallest absolute Gasteiger partial charge is 0.244 e. The molecule has 1 aromatic heterocycles. The monoisotopic (exact) mass is 442 g/mol. The molecule has 4 rings (SSSR count). The van der Waals surface area contributed by atoms with Gasteiger partial charge in [0.25, 0.3) is 0 Å². The number of carbonyl (C=O) groups excluding carboxylic acids is 1. The predicted octanol–water partition coefficient (Wildman–Crippen LogP) is 3.74. The highest BCUT2D eigenvalue weighted by Gasteiger charge is 2.16. The van der Waals surface area contributed by atoms with E-state index in [-0.39, 0.29) is 5.91 Å². The summed E-state index contributed by atoms with van der Waals surface area (Å²) in [7, 11) is 2.15. The molecule has 0 radical (unpaired) electrons. The van der Waals surface area contributed by atoms with Gasteiger partial charge in [-0.15, -0.1) is 0 Å². The zero-order chi connectivity index (χ0) is 22.9. The molecule has 2 aromatic carbocycles. The Balaban J connectivity index is 1.27. The number of nitrogens with zero attached hydrogens (tertiary/aromatic N) is 3. The Bertz CT molecular complexity index is 1060. The van der Waals surface area contributed by atoms with Crippen molar-refractivity contribution in [2.45, 2.75) is 13.2 Å². The van der Waals surface area contributed by atoms with E-state index in [1.54, 1.807) is 18.5 Å². The number of anilines is 1. The van der Waals surface area contributed by atoms with E-state index in [4.69, 9.17) is 4.74 Å². The van der Waals surface area contributed by atoms with Gasteiger partial charge in [-0.2, -0.15) is 0 Å². The Labute approximate surface area is 195 Å². The highest BCUT2D eigenvalue weighted by Crippen LogP contribution is 2.21. The van der Waals surface area contributed by atoms with Gasteiger partial charge in [0, 0.05) is 62.4 Å². The number of para-hydroxylation sites is 1. The van der Waals surface area contributed by atoms with Crippen molar-refractivity contribution in [3.63, 3.8) is 0 Å². The van der Waals surface area contributed by atoms with E-state index >= 15 is 0 Å². The van der Waals surface area contributed by atoms with E-state index in [1.807, 2.05) is 48.5 Å². The van der Waals surface area contributed by atoms with Gasteiger partial charge >= 0.3 is 0 Å². The van der Waals surface area contributed by atoms with Crippen LogP contribution >= 0.6 is 0 Å². The molecule has 1 amide bonds. The second-order valence-corrected chi connectivity index (χ2v) is 8.19. The molecule has 0 aliphatic carbocycles. The van der Waals surface area contributed by atoms with Gasteiger partial charge < -0.3 is 19.9 Å². The quantitative estimate of drug-likeness (QED) is 0.539. The highest BCUT2D eigenvalue weighted by molar-refractivity contribution is 5.91. The fourth-order valence-electron chi connectivity index (χ4n) is 3.75. The molecule has 6 heteroatoms. The van der Waals surface area contributed by atoms with Crippen LogP contribution in [0.5, 0.6) is 5.75 Å². The number of carbonyl (C=O) groups is 1. The summed E-state index contributed by atoms with van der Waals surface area (Å²) in [4.78, 5) is 21.2. The van der Waals surface area contributed by atoms with Crippen molar-refractivity contribution in [2.75, 3.05) is 38.1 Å². The summed E-state index contributed by atoms with van der Waals surface area (Å²) in [6.07, 6.45) is 6.92. The molecule has 1 aliphatic heterocycles. The molecule has 0 saturated carbocycles. The van der Waals surface area contributed by atoms with Crippen LogP contribution in [0.25, 0.3) is 6.08 Å². The van der Waals surface area contributed by atoms with Crippen LogP contribution in [0.2, 0.25) is 0 Å². The number of likely N-dealkylation sites (N-methyl/N-ethyl adjacent to an activating group) is 1. The summed E-state index contributed by atoms with van der Waals surface area (Å²) in [6.45, 7) is 5.09. The summed E-state index contributed by atoms with van der Waals surface area (Å²) >= 11 is 0. The van der Waals surface area contributed by atoms with Crippen LogP contribution in [0.15, 0.2) is 79.1 Å². The molecule has 1 fully saturated rings. The lowest BCUT2D eigenvalue weighted by Crippen LogP contribution is -2.45. The van der Waals surface area contributed by atoms with E-state index in [0.717, 1.165) is 48.6 Å². The van der Waals surface area contributed by atoms with Gasteiger partial charge in [-0.3, -0.25) is 9.78 Å².